The fourth-order valence-electron chi connectivity index (χ4n) is 1.40. The van der Waals surface area contributed by atoms with E-state index in [1.807, 2.05) is 0 Å². The Bertz CT molecular complexity index is 402. The van der Waals surface area contributed by atoms with Crippen molar-refractivity contribution in [2.45, 2.75) is 25.4 Å². The van der Waals surface area contributed by atoms with E-state index in [-0.39, 0.29) is 17.9 Å². The smallest absolute Gasteiger partial charge is 0.303 e. The van der Waals surface area contributed by atoms with E-state index >= 15 is 0 Å². The van der Waals surface area contributed by atoms with Gasteiger partial charge >= 0.3 is 5.97 Å². The van der Waals surface area contributed by atoms with Crippen molar-refractivity contribution in [3.05, 3.63) is 33.8 Å². The topological polar surface area (TPSA) is 57.5 Å². The molecular weight excluding hydrogens is 251 g/mol. The van der Waals surface area contributed by atoms with Crippen molar-refractivity contribution in [1.82, 2.24) is 0 Å². The lowest BCUT2D eigenvalue weighted by Crippen LogP contribution is -2.22. The fraction of sp³-hybridized carbons (Fsp3) is 0.364. The summed E-state index contributed by atoms with van der Waals surface area (Å²) in [5, 5.41) is 19.3. The average molecular weight is 263 g/mol. The predicted octanol–water partition coefficient (Wildman–Crippen LogP) is 3.07. The quantitative estimate of drug-likeness (QED) is 0.877. The Morgan fingerprint density at radius 2 is 2.06 bits per heavy atom. The summed E-state index contributed by atoms with van der Waals surface area (Å²) in [6, 6.07) is 4.91. The molecule has 5 heteroatoms. The van der Waals surface area contributed by atoms with Gasteiger partial charge in [0.15, 0.2) is 0 Å². The highest BCUT2D eigenvalue weighted by Crippen LogP contribution is 2.35. The largest absolute Gasteiger partial charge is 0.481 e. The Balaban J connectivity index is 2.97. The molecule has 0 radical (unpaired) electrons. The molecule has 0 heterocycles. The van der Waals surface area contributed by atoms with Gasteiger partial charge in [-0.2, -0.15) is 0 Å². The summed E-state index contributed by atoms with van der Waals surface area (Å²) in [4.78, 5) is 10.5. The van der Waals surface area contributed by atoms with Crippen molar-refractivity contribution in [1.29, 1.82) is 0 Å². The van der Waals surface area contributed by atoms with Crippen LogP contribution in [0.15, 0.2) is 18.2 Å². The Hall–Kier alpha value is -0.770. The van der Waals surface area contributed by atoms with Crippen LogP contribution >= 0.6 is 23.2 Å². The summed E-state index contributed by atoms with van der Waals surface area (Å²) in [6.07, 6.45) is -0.0434. The van der Waals surface area contributed by atoms with Gasteiger partial charge in [-0.05, 0) is 19.4 Å². The Kier molecular flexibility index (Phi) is 4.19. The first kappa shape index (κ1) is 13.3. The zero-order valence-corrected chi connectivity index (χ0v) is 10.2. The number of aliphatic hydroxyl groups is 1. The van der Waals surface area contributed by atoms with Crippen molar-refractivity contribution < 1.29 is 15.0 Å². The van der Waals surface area contributed by atoms with Gasteiger partial charge in [-0.3, -0.25) is 4.79 Å². The molecule has 3 nitrogen and oxygen atoms in total. The third-order valence-corrected chi connectivity index (χ3v) is 3.18. The standard InChI is InChI=1S/C11H12Cl2O3/c1-11(16,6-5-9(14)15)7-3-2-4-8(12)10(7)13/h2-4,16H,5-6H2,1H3,(H,14,15). The van der Waals surface area contributed by atoms with Crippen molar-refractivity contribution in [2.75, 3.05) is 0 Å². The number of carbonyl (C=O) groups is 1. The lowest BCUT2D eigenvalue weighted by Gasteiger charge is -2.24. The first-order valence-corrected chi connectivity index (χ1v) is 5.49. The van der Waals surface area contributed by atoms with Gasteiger partial charge in [0, 0.05) is 12.0 Å². The second-order valence-corrected chi connectivity index (χ2v) is 4.55. The zero-order chi connectivity index (χ0) is 12.3. The minimum Gasteiger partial charge on any atom is -0.481 e. The molecule has 1 atom stereocenters. The summed E-state index contributed by atoms with van der Waals surface area (Å²) >= 11 is 11.8. The van der Waals surface area contributed by atoms with Crippen LogP contribution in [0, 0.1) is 0 Å². The third-order valence-electron chi connectivity index (χ3n) is 2.36. The molecule has 1 aromatic rings. The SMILES string of the molecule is CC(O)(CCC(=O)O)c1cccc(Cl)c1Cl. The molecule has 0 amide bonds. The lowest BCUT2D eigenvalue weighted by atomic mass is 9.91. The fourth-order valence-corrected chi connectivity index (χ4v) is 1.91. The van der Waals surface area contributed by atoms with Crippen LogP contribution in [0.3, 0.4) is 0 Å². The highest BCUT2D eigenvalue weighted by molar-refractivity contribution is 6.42. The summed E-state index contributed by atoms with van der Waals surface area (Å²) in [5.41, 5.74) is -0.844. The van der Waals surface area contributed by atoms with Gasteiger partial charge in [-0.25, -0.2) is 0 Å². The highest BCUT2D eigenvalue weighted by atomic mass is 35.5. The van der Waals surface area contributed by atoms with Crippen LogP contribution in [-0.2, 0) is 10.4 Å². The number of aliphatic carboxylic acids is 1. The number of hydrogen-bond acceptors (Lipinski definition) is 2. The Morgan fingerprint density at radius 1 is 1.44 bits per heavy atom. The third kappa shape index (κ3) is 3.11. The first-order valence-electron chi connectivity index (χ1n) is 4.73. The minimum atomic E-state index is -1.29. The van der Waals surface area contributed by atoms with Gasteiger partial charge in [-0.15, -0.1) is 0 Å². The van der Waals surface area contributed by atoms with Crippen molar-refractivity contribution >= 4 is 29.2 Å². The normalized spacial score (nSPS) is 14.5. The van der Waals surface area contributed by atoms with E-state index in [1.165, 1.54) is 6.92 Å². The van der Waals surface area contributed by atoms with Crippen molar-refractivity contribution in [3.8, 4) is 0 Å². The van der Waals surface area contributed by atoms with Crippen LogP contribution in [0.1, 0.15) is 25.3 Å². The molecule has 0 aliphatic carbocycles. The molecule has 1 aromatic carbocycles. The average Bonchev–Trinajstić information content (AvgIpc) is 2.19. The van der Waals surface area contributed by atoms with E-state index in [0.717, 1.165) is 0 Å². The van der Waals surface area contributed by atoms with Crippen LogP contribution in [-0.4, -0.2) is 16.2 Å². The molecule has 1 unspecified atom stereocenters. The van der Waals surface area contributed by atoms with Gasteiger partial charge in [0.2, 0.25) is 0 Å². The molecule has 0 fully saturated rings. The lowest BCUT2D eigenvalue weighted by molar-refractivity contribution is -0.138. The maximum Gasteiger partial charge on any atom is 0.303 e. The highest BCUT2D eigenvalue weighted by Gasteiger charge is 2.27. The van der Waals surface area contributed by atoms with Crippen molar-refractivity contribution in [2.24, 2.45) is 0 Å². The number of hydrogen-bond donors (Lipinski definition) is 2. The molecule has 0 aromatic heterocycles. The molecule has 0 saturated heterocycles. The van der Waals surface area contributed by atoms with Gasteiger partial charge in [0.25, 0.3) is 0 Å². The molecule has 0 spiro atoms. The van der Waals surface area contributed by atoms with Gasteiger partial charge < -0.3 is 10.2 Å². The molecule has 0 bridgehead atoms. The maximum absolute atomic E-state index is 10.5. The first-order chi connectivity index (χ1) is 7.34. The summed E-state index contributed by atoms with van der Waals surface area (Å²) in [6.45, 7) is 1.52. The summed E-state index contributed by atoms with van der Waals surface area (Å²) in [7, 11) is 0. The molecular formula is C11H12Cl2O3. The van der Waals surface area contributed by atoms with Gasteiger partial charge in [0.1, 0.15) is 0 Å². The minimum absolute atomic E-state index is 0.0857. The van der Waals surface area contributed by atoms with Crippen molar-refractivity contribution in [3.63, 3.8) is 0 Å². The van der Waals surface area contributed by atoms with Gasteiger partial charge in [0.05, 0.1) is 15.6 Å². The van der Waals surface area contributed by atoms with Crippen LogP contribution in [0.2, 0.25) is 10.0 Å². The van der Waals surface area contributed by atoms with E-state index in [4.69, 9.17) is 28.3 Å². The number of halogens is 2. The summed E-state index contributed by atoms with van der Waals surface area (Å²) in [5.74, 6) is -0.960. The van der Waals surface area contributed by atoms with Crippen LogP contribution < -0.4 is 0 Å². The van der Waals surface area contributed by atoms with Crippen LogP contribution in [0.25, 0.3) is 0 Å². The second kappa shape index (κ2) is 5.04. The maximum atomic E-state index is 10.5. The number of carboxylic acids is 1. The van der Waals surface area contributed by atoms with Crippen LogP contribution in [0.4, 0.5) is 0 Å². The molecule has 0 saturated carbocycles. The molecule has 88 valence electrons. The summed E-state index contributed by atoms with van der Waals surface area (Å²) < 4.78 is 0. The molecule has 0 aliphatic heterocycles. The predicted molar refractivity (Wildman–Crippen MR) is 62.9 cm³/mol. The second-order valence-electron chi connectivity index (χ2n) is 3.77. The van der Waals surface area contributed by atoms with E-state index in [2.05, 4.69) is 0 Å². The van der Waals surface area contributed by atoms with Crippen LogP contribution in [0.5, 0.6) is 0 Å². The molecule has 2 N–H and O–H groups in total. The molecule has 16 heavy (non-hydrogen) atoms. The Labute approximate surface area is 104 Å². The van der Waals surface area contributed by atoms with E-state index < -0.39 is 11.6 Å². The van der Waals surface area contributed by atoms with E-state index in [0.29, 0.717) is 10.6 Å². The molecule has 0 aliphatic rings. The number of carboxylic acid groups (broad SMARTS) is 1. The van der Waals surface area contributed by atoms with E-state index in [9.17, 15) is 9.90 Å². The van der Waals surface area contributed by atoms with Gasteiger partial charge in [-0.1, -0.05) is 35.3 Å². The number of benzene rings is 1. The monoisotopic (exact) mass is 262 g/mol. The molecule has 1 rings (SSSR count). The zero-order valence-electron chi connectivity index (χ0n) is 8.70. The van der Waals surface area contributed by atoms with E-state index in [1.54, 1.807) is 18.2 Å². The number of rotatable bonds is 4. The Morgan fingerprint density at radius 3 is 2.62 bits per heavy atom.